The first-order valence-corrected chi connectivity index (χ1v) is 15.3. The van der Waals surface area contributed by atoms with Crippen LogP contribution in [0.3, 0.4) is 0 Å². The molecular weight excluding hydrogens is 588 g/mol. The fraction of sp³-hybridized carbons (Fsp3) is 0.500. The van der Waals surface area contributed by atoms with Gasteiger partial charge in [0.05, 0.1) is 56.5 Å². The number of ether oxygens (including phenoxy) is 2. The lowest BCUT2D eigenvalue weighted by molar-refractivity contribution is 0.0984. The number of anilines is 3. The summed E-state index contributed by atoms with van der Waals surface area (Å²) < 4.78 is 11.1. The second kappa shape index (κ2) is 13.2. The lowest BCUT2D eigenvalue weighted by atomic mass is 10.1. The standard InChI is InChI=1S/C30H37ClN8O5/c1-18-16-43-11-9-37(18)25-13-22(15-40)32-27(35-25)20-3-7-23(8-4-20)39(30(42)33-21-5-6-21)28(41)24-14-26(36-29(31)34-24)38-10-12-44-17-19(38)2/h3-4,7-8,13-14,18-19,21,28,40-41H,5-6,9-12,15-17H2,1-2H3,(H,33,42)/t18-,19-,28?/m0/s1. The number of nitrogens with one attached hydrogen (secondary N) is 1. The van der Waals surface area contributed by atoms with E-state index in [0.29, 0.717) is 73.9 Å². The SMILES string of the molecule is C[C@H]1COCCN1c1cc(C(O)N(C(=O)NC2CC2)c2ccc(-c3nc(CO)cc(N4CCOC[C@@H]4C)n3)cc2)nc(Cl)n1. The number of rotatable bonds is 8. The summed E-state index contributed by atoms with van der Waals surface area (Å²) in [5.74, 6) is 1.71. The zero-order chi connectivity index (χ0) is 30.8. The monoisotopic (exact) mass is 624 g/mol. The molecule has 2 aromatic heterocycles. The first-order chi connectivity index (χ1) is 21.3. The number of urea groups is 1. The minimum absolute atomic E-state index is 0.0283. The quantitative estimate of drug-likeness (QED) is 0.251. The van der Waals surface area contributed by atoms with Crippen LogP contribution in [0.1, 0.15) is 44.3 Å². The Bertz CT molecular complexity index is 1480. The largest absolute Gasteiger partial charge is 0.390 e. The summed E-state index contributed by atoms with van der Waals surface area (Å²) in [5, 5.41) is 24.5. The van der Waals surface area contributed by atoms with Gasteiger partial charge in [-0.2, -0.15) is 0 Å². The van der Waals surface area contributed by atoms with Gasteiger partial charge in [0.15, 0.2) is 12.1 Å². The van der Waals surface area contributed by atoms with E-state index < -0.39 is 12.3 Å². The summed E-state index contributed by atoms with van der Waals surface area (Å²) in [7, 11) is 0. The maximum Gasteiger partial charge on any atom is 0.324 e. The van der Waals surface area contributed by atoms with Crippen molar-refractivity contribution in [2.75, 3.05) is 54.2 Å². The Balaban J connectivity index is 1.31. The summed E-state index contributed by atoms with van der Waals surface area (Å²) in [6.45, 7) is 7.43. The number of halogens is 1. The van der Waals surface area contributed by atoms with E-state index in [1.54, 1.807) is 36.4 Å². The van der Waals surface area contributed by atoms with Crippen molar-refractivity contribution in [1.29, 1.82) is 0 Å². The normalized spacial score (nSPS) is 21.2. The van der Waals surface area contributed by atoms with Crippen LogP contribution in [-0.2, 0) is 16.1 Å². The van der Waals surface area contributed by atoms with Crippen LogP contribution in [0.4, 0.5) is 22.1 Å². The molecule has 3 fully saturated rings. The zero-order valence-electron chi connectivity index (χ0n) is 24.8. The van der Waals surface area contributed by atoms with Gasteiger partial charge in [-0.25, -0.2) is 24.7 Å². The van der Waals surface area contributed by atoms with Crippen LogP contribution in [0.25, 0.3) is 11.4 Å². The molecule has 1 aliphatic carbocycles. The van der Waals surface area contributed by atoms with E-state index in [9.17, 15) is 15.0 Å². The van der Waals surface area contributed by atoms with Crippen molar-refractivity contribution in [3.05, 3.63) is 53.1 Å². The minimum atomic E-state index is -1.45. The highest BCUT2D eigenvalue weighted by molar-refractivity contribution is 6.28. The zero-order valence-corrected chi connectivity index (χ0v) is 25.5. The number of aromatic nitrogens is 4. The molecule has 0 bridgehead atoms. The highest BCUT2D eigenvalue weighted by Crippen LogP contribution is 2.31. The van der Waals surface area contributed by atoms with Crippen LogP contribution in [0, 0.1) is 0 Å². The second-order valence-corrected chi connectivity index (χ2v) is 11.7. The number of benzene rings is 1. The van der Waals surface area contributed by atoms with Gasteiger partial charge in [0.1, 0.15) is 11.6 Å². The first kappa shape index (κ1) is 30.4. The van der Waals surface area contributed by atoms with Crippen LogP contribution in [0.5, 0.6) is 0 Å². The molecule has 13 nitrogen and oxygen atoms in total. The van der Waals surface area contributed by atoms with Gasteiger partial charge >= 0.3 is 6.03 Å². The molecule has 2 aliphatic heterocycles. The van der Waals surface area contributed by atoms with Gasteiger partial charge in [0.25, 0.3) is 0 Å². The highest BCUT2D eigenvalue weighted by atomic mass is 35.5. The molecule has 1 saturated carbocycles. The predicted molar refractivity (Wildman–Crippen MR) is 165 cm³/mol. The third-order valence-electron chi connectivity index (χ3n) is 7.99. The summed E-state index contributed by atoms with van der Waals surface area (Å²) in [4.78, 5) is 37.0. The molecule has 0 radical (unpaired) electrons. The van der Waals surface area contributed by atoms with E-state index >= 15 is 0 Å². The second-order valence-electron chi connectivity index (χ2n) is 11.4. The van der Waals surface area contributed by atoms with Crippen LogP contribution >= 0.6 is 11.6 Å². The molecule has 44 heavy (non-hydrogen) atoms. The van der Waals surface area contributed by atoms with Crippen molar-refractivity contribution < 1.29 is 24.5 Å². The Hall–Kier alpha value is -3.62. The Kier molecular flexibility index (Phi) is 9.10. The third-order valence-corrected chi connectivity index (χ3v) is 8.16. The maximum absolute atomic E-state index is 13.5. The first-order valence-electron chi connectivity index (χ1n) is 14.9. The Labute approximate surface area is 260 Å². The van der Waals surface area contributed by atoms with Gasteiger partial charge in [0.2, 0.25) is 5.28 Å². The minimum Gasteiger partial charge on any atom is -0.390 e. The number of morpholine rings is 2. The average molecular weight is 625 g/mol. The lowest BCUT2D eigenvalue weighted by Gasteiger charge is -2.35. The van der Waals surface area contributed by atoms with E-state index in [2.05, 4.69) is 32.1 Å². The summed E-state index contributed by atoms with van der Waals surface area (Å²) in [6.07, 6.45) is 0.323. The fourth-order valence-corrected chi connectivity index (χ4v) is 5.61. The number of hydrogen-bond donors (Lipinski definition) is 3. The van der Waals surface area contributed by atoms with Gasteiger partial charge in [-0.05, 0) is 62.6 Å². The molecule has 0 spiro atoms. The summed E-state index contributed by atoms with van der Waals surface area (Å²) in [5.41, 5.74) is 1.82. The van der Waals surface area contributed by atoms with Gasteiger partial charge in [-0.1, -0.05) is 0 Å². The van der Waals surface area contributed by atoms with Crippen LogP contribution < -0.4 is 20.0 Å². The van der Waals surface area contributed by atoms with E-state index in [4.69, 9.17) is 26.1 Å². The van der Waals surface area contributed by atoms with Crippen molar-refractivity contribution in [3.63, 3.8) is 0 Å². The molecule has 14 heteroatoms. The van der Waals surface area contributed by atoms with Crippen molar-refractivity contribution in [2.24, 2.45) is 0 Å². The van der Waals surface area contributed by atoms with Crippen molar-refractivity contribution >= 4 is 35.0 Å². The maximum atomic E-state index is 13.5. The predicted octanol–water partition coefficient (Wildman–Crippen LogP) is 2.90. The van der Waals surface area contributed by atoms with Gasteiger partial charge in [-0.15, -0.1) is 0 Å². The molecule has 2 amide bonds. The average Bonchev–Trinajstić information content (AvgIpc) is 3.85. The van der Waals surface area contributed by atoms with Crippen LogP contribution in [0.2, 0.25) is 5.28 Å². The molecule has 3 aliphatic rings. The molecule has 3 atom stereocenters. The molecule has 4 heterocycles. The molecular formula is C30H37ClN8O5. The summed E-state index contributed by atoms with van der Waals surface area (Å²) in [6, 6.07) is 10.3. The van der Waals surface area contributed by atoms with Crippen molar-refractivity contribution in [3.8, 4) is 11.4 Å². The Morgan fingerprint density at radius 1 is 1.00 bits per heavy atom. The Morgan fingerprint density at radius 2 is 1.64 bits per heavy atom. The number of nitrogens with zero attached hydrogens (tertiary/aromatic N) is 7. The van der Waals surface area contributed by atoms with Crippen LogP contribution in [0.15, 0.2) is 36.4 Å². The van der Waals surface area contributed by atoms with E-state index in [0.717, 1.165) is 12.8 Å². The van der Waals surface area contributed by atoms with E-state index in [-0.39, 0.29) is 35.7 Å². The van der Waals surface area contributed by atoms with Gasteiger partial charge < -0.3 is 34.8 Å². The fourth-order valence-electron chi connectivity index (χ4n) is 5.42. The molecule has 234 valence electrons. The highest BCUT2D eigenvalue weighted by Gasteiger charge is 2.32. The van der Waals surface area contributed by atoms with Gasteiger partial charge in [-0.3, -0.25) is 4.90 Å². The smallest absolute Gasteiger partial charge is 0.324 e. The Morgan fingerprint density at radius 3 is 2.23 bits per heavy atom. The van der Waals surface area contributed by atoms with Crippen molar-refractivity contribution in [2.45, 2.75) is 57.6 Å². The number of aliphatic hydroxyl groups excluding tert-OH is 2. The number of amides is 2. The number of aliphatic hydroxyl groups is 2. The molecule has 3 N–H and O–H groups in total. The topological polar surface area (TPSA) is 149 Å². The van der Waals surface area contributed by atoms with Crippen LogP contribution in [-0.4, -0.2) is 93.8 Å². The molecule has 3 aromatic rings. The van der Waals surface area contributed by atoms with E-state index in [1.165, 1.54) is 4.90 Å². The molecule has 2 saturated heterocycles. The molecule has 1 aromatic carbocycles. The number of hydrogen-bond acceptors (Lipinski definition) is 11. The summed E-state index contributed by atoms with van der Waals surface area (Å²) >= 11 is 6.32. The van der Waals surface area contributed by atoms with Crippen molar-refractivity contribution in [1.82, 2.24) is 25.3 Å². The molecule has 1 unspecified atom stereocenters. The number of carbonyl (C=O) groups excluding carboxylic acids is 1. The number of carbonyl (C=O) groups is 1. The van der Waals surface area contributed by atoms with E-state index in [1.807, 2.05) is 11.8 Å². The molecule has 6 rings (SSSR count). The third kappa shape index (κ3) is 6.71. The lowest BCUT2D eigenvalue weighted by Crippen LogP contribution is -2.45. The van der Waals surface area contributed by atoms with Gasteiger partial charge in [0, 0.05) is 42.5 Å².